The minimum atomic E-state index is -5.06. The van der Waals surface area contributed by atoms with E-state index in [0.717, 1.165) is 48.6 Å². The van der Waals surface area contributed by atoms with Gasteiger partial charge >= 0.3 is 0 Å². The van der Waals surface area contributed by atoms with E-state index in [9.17, 15) is 46.4 Å². The number of rotatable bonds is 8. The first-order chi connectivity index (χ1) is 19.7. The molecule has 16 nitrogen and oxygen atoms in total. The quantitative estimate of drug-likeness (QED) is 0.0555. The first-order valence-corrected chi connectivity index (χ1v) is 14.3. The molecule has 0 aliphatic rings. The van der Waals surface area contributed by atoms with Gasteiger partial charge < -0.3 is 41.8 Å². The first-order valence-electron chi connectivity index (χ1n) is 11.5. The molecule has 12 N–H and O–H groups in total. The van der Waals surface area contributed by atoms with Crippen molar-refractivity contribution in [1.82, 2.24) is 12.3 Å². The van der Waals surface area contributed by atoms with Crippen molar-refractivity contribution in [2.75, 3.05) is 0 Å². The predicted octanol–water partition coefficient (Wildman–Crippen LogP) is 6.07. The molecule has 0 aliphatic heterocycles. The van der Waals surface area contributed by atoms with E-state index in [0.29, 0.717) is 0 Å². The van der Waals surface area contributed by atoms with Gasteiger partial charge in [0.2, 0.25) is 0 Å². The molecular formula is C26H26N6O10S2. The molecule has 4 aromatic carbocycles. The second-order valence-electron chi connectivity index (χ2n) is 8.43. The minimum absolute atomic E-state index is 0. The van der Waals surface area contributed by atoms with Crippen LogP contribution in [0.25, 0.3) is 12.2 Å². The summed E-state index contributed by atoms with van der Waals surface area (Å²) in [4.78, 5) is -1.42. The maximum absolute atomic E-state index is 12.0. The van der Waals surface area contributed by atoms with Crippen molar-refractivity contribution in [2.24, 2.45) is 20.5 Å². The zero-order valence-electron chi connectivity index (χ0n) is 22.9. The van der Waals surface area contributed by atoms with Crippen LogP contribution in [-0.2, 0) is 20.2 Å². The Kier molecular flexibility index (Phi) is 11.0. The Morgan fingerprint density at radius 2 is 0.773 bits per heavy atom. The molecule has 0 spiro atoms. The molecule has 0 atom stereocenters. The number of quaternary nitrogens is 2. The highest BCUT2D eigenvalue weighted by atomic mass is 32.2. The molecule has 232 valence electrons. The molecule has 4 rings (SSSR count). The van der Waals surface area contributed by atoms with Crippen LogP contribution in [0.15, 0.2) is 103 Å². The van der Waals surface area contributed by atoms with E-state index >= 15 is 0 Å². The maximum Gasteiger partial charge on any atom is 0.159 e. The minimum Gasteiger partial charge on any atom is -0.744 e. The molecule has 0 amide bonds. The summed E-state index contributed by atoms with van der Waals surface area (Å²) < 4.78 is 71.7. The summed E-state index contributed by atoms with van der Waals surface area (Å²) in [6.45, 7) is 0. The van der Waals surface area contributed by atoms with Crippen molar-refractivity contribution >= 4 is 55.1 Å². The normalized spacial score (nSPS) is 12.0. The molecule has 0 aromatic heterocycles. The summed E-state index contributed by atoms with van der Waals surface area (Å²) >= 11 is 0. The smallest absolute Gasteiger partial charge is 0.159 e. The van der Waals surface area contributed by atoms with E-state index in [2.05, 4.69) is 20.5 Å². The molecule has 0 aliphatic carbocycles. The molecule has 0 unspecified atom stereocenters. The number of nitrogens with zero attached hydrogens (tertiary/aromatic N) is 4. The molecular weight excluding hydrogens is 620 g/mol. The fourth-order valence-corrected chi connectivity index (χ4v) is 4.82. The zero-order chi connectivity index (χ0) is 30.7. The molecule has 0 saturated carbocycles. The maximum atomic E-state index is 12.0. The summed E-state index contributed by atoms with van der Waals surface area (Å²) in [6.07, 6.45) is 2.24. The van der Waals surface area contributed by atoms with Crippen molar-refractivity contribution in [2.45, 2.75) is 9.79 Å². The Labute approximate surface area is 250 Å². The fraction of sp³-hybridized carbons (Fsp3) is 0. The van der Waals surface area contributed by atoms with Crippen LogP contribution in [0.3, 0.4) is 0 Å². The summed E-state index contributed by atoms with van der Waals surface area (Å²) in [6, 6.07) is 14.1. The number of benzene rings is 4. The lowest BCUT2D eigenvalue weighted by molar-refractivity contribution is 0.404. The zero-order valence-corrected chi connectivity index (χ0v) is 24.6. The largest absolute Gasteiger partial charge is 0.744 e. The molecule has 4 aromatic rings. The summed E-state index contributed by atoms with van der Waals surface area (Å²) in [5.41, 5.74) is -0.136. The van der Waals surface area contributed by atoms with Crippen LogP contribution in [0.4, 0.5) is 22.7 Å². The van der Waals surface area contributed by atoms with Gasteiger partial charge in [0, 0.05) is 12.1 Å². The predicted molar refractivity (Wildman–Crippen MR) is 158 cm³/mol. The molecule has 0 bridgehead atoms. The number of aromatic hydroxyl groups is 4. The standard InChI is InChI=1S/C26H20N4O10S2.2H3N/c31-21-9-7-17(11-23(21)33)27-29-19-5-3-15(25(13-19)41(35,36)37)1-2-16-4-6-20(14-26(16)42(38,39)40)30-28-18-8-10-22(32)24(34)12-18;;/h1-14,31-34H,(H,35,36,37)(H,38,39,40);2*1H3. The van der Waals surface area contributed by atoms with Crippen LogP contribution < -0.4 is 12.3 Å². The topological polar surface area (TPSA) is 318 Å². The second-order valence-corrected chi connectivity index (χ2v) is 11.1. The number of hydrogen-bond acceptors (Lipinski definition) is 14. The third-order valence-corrected chi connectivity index (χ3v) is 7.24. The van der Waals surface area contributed by atoms with Gasteiger partial charge in [0.15, 0.2) is 23.0 Å². The molecule has 18 heteroatoms. The Bertz CT molecular complexity index is 1850. The van der Waals surface area contributed by atoms with Crippen molar-refractivity contribution < 1.29 is 46.4 Å². The summed E-state index contributed by atoms with van der Waals surface area (Å²) in [5.74, 6) is -1.68. The van der Waals surface area contributed by atoms with E-state index < -0.39 is 41.5 Å². The van der Waals surface area contributed by atoms with Gasteiger partial charge in [-0.25, -0.2) is 16.8 Å². The molecule has 0 radical (unpaired) electrons. The van der Waals surface area contributed by atoms with Crippen LogP contribution in [0.5, 0.6) is 23.0 Å². The van der Waals surface area contributed by atoms with Gasteiger partial charge in [0.05, 0.1) is 32.5 Å². The molecule has 0 saturated heterocycles. The van der Waals surface area contributed by atoms with Crippen LogP contribution >= 0.6 is 0 Å². The van der Waals surface area contributed by atoms with Crippen LogP contribution in [-0.4, -0.2) is 46.4 Å². The van der Waals surface area contributed by atoms with E-state index in [1.807, 2.05) is 0 Å². The Hall–Kier alpha value is -5.24. The molecule has 44 heavy (non-hydrogen) atoms. The van der Waals surface area contributed by atoms with Gasteiger partial charge in [0.1, 0.15) is 20.2 Å². The highest BCUT2D eigenvalue weighted by Gasteiger charge is 2.12. The lowest BCUT2D eigenvalue weighted by Gasteiger charge is -2.13. The van der Waals surface area contributed by atoms with Gasteiger partial charge in [-0.1, -0.05) is 24.3 Å². The number of phenols is 4. The van der Waals surface area contributed by atoms with Crippen LogP contribution in [0, 0.1) is 0 Å². The fourth-order valence-electron chi connectivity index (χ4n) is 3.44. The van der Waals surface area contributed by atoms with Gasteiger partial charge in [-0.15, -0.1) is 0 Å². The Balaban J connectivity index is 0.00000337. The van der Waals surface area contributed by atoms with E-state index in [1.165, 1.54) is 36.4 Å². The number of hydrogen-bond donors (Lipinski definition) is 6. The van der Waals surface area contributed by atoms with Crippen molar-refractivity contribution in [1.29, 1.82) is 0 Å². The summed E-state index contributed by atoms with van der Waals surface area (Å²) in [5, 5.41) is 53.1. The Morgan fingerprint density at radius 1 is 0.477 bits per heavy atom. The SMILES string of the molecule is O=S(=O)([O-])c1cc(N=Nc2ccc(O)c(O)c2)ccc1C=Cc1ccc(N=Nc2ccc(O)c(O)c2)cc1S(=O)(=O)[O-].[NH4+].[NH4+]. The molecule has 0 fully saturated rings. The van der Waals surface area contributed by atoms with Gasteiger partial charge in [-0.2, -0.15) is 20.5 Å². The van der Waals surface area contributed by atoms with E-state index in [1.54, 1.807) is 0 Å². The third kappa shape index (κ3) is 8.64. The lowest BCUT2D eigenvalue weighted by Crippen LogP contribution is -2.02. The highest BCUT2D eigenvalue weighted by molar-refractivity contribution is 7.86. The van der Waals surface area contributed by atoms with Gasteiger partial charge in [-0.05, 0) is 59.7 Å². The van der Waals surface area contributed by atoms with Crippen LogP contribution in [0.2, 0.25) is 0 Å². The molecule has 0 heterocycles. The van der Waals surface area contributed by atoms with Crippen molar-refractivity contribution in [3.63, 3.8) is 0 Å². The van der Waals surface area contributed by atoms with Gasteiger partial charge in [-0.3, -0.25) is 0 Å². The number of phenolic OH excluding ortho intramolecular Hbond substituents is 4. The Morgan fingerprint density at radius 3 is 1.07 bits per heavy atom. The summed E-state index contributed by atoms with van der Waals surface area (Å²) in [7, 11) is -10.1. The average Bonchev–Trinajstić information content (AvgIpc) is 2.92. The van der Waals surface area contributed by atoms with Crippen molar-refractivity contribution in [3.05, 3.63) is 83.9 Å². The first kappa shape index (κ1) is 35.0. The third-order valence-electron chi connectivity index (χ3n) is 5.46. The van der Waals surface area contributed by atoms with E-state index in [4.69, 9.17) is 0 Å². The lowest BCUT2D eigenvalue weighted by atomic mass is 10.1. The second kappa shape index (κ2) is 13.8. The highest BCUT2D eigenvalue weighted by Crippen LogP contribution is 2.33. The van der Waals surface area contributed by atoms with Crippen LogP contribution in [0.1, 0.15) is 11.1 Å². The number of azo groups is 2. The average molecular weight is 647 g/mol. The van der Waals surface area contributed by atoms with Crippen molar-refractivity contribution in [3.8, 4) is 23.0 Å². The van der Waals surface area contributed by atoms with E-state index in [-0.39, 0.29) is 57.7 Å². The van der Waals surface area contributed by atoms with Gasteiger partial charge in [0.25, 0.3) is 0 Å². The monoisotopic (exact) mass is 646 g/mol.